The number of alkyl halides is 3. The van der Waals surface area contributed by atoms with Gasteiger partial charge in [-0.3, -0.25) is 0 Å². The smallest absolute Gasteiger partial charge is 0.383 e. The second kappa shape index (κ2) is 6.76. The molecule has 0 atom stereocenters. The molecule has 0 aliphatic heterocycles. The fourth-order valence-electron chi connectivity index (χ4n) is 2.54. The second-order valence-corrected chi connectivity index (χ2v) is 6.21. The summed E-state index contributed by atoms with van der Waals surface area (Å²) in [5.74, 6) is -0.843. The first kappa shape index (κ1) is 19.0. The van der Waals surface area contributed by atoms with Crippen LogP contribution in [0.5, 0.6) is 0 Å². The number of rotatable bonds is 2. The lowest BCUT2D eigenvalue weighted by Gasteiger charge is -2.13. The molecular weight excluding hydrogens is 407 g/mol. The number of nitrogens with zero attached hydrogens (tertiary/aromatic N) is 3. The topological polar surface area (TPSA) is 67.6 Å². The maximum absolute atomic E-state index is 14.1. The molecule has 2 aromatic carbocycles. The highest BCUT2D eigenvalue weighted by molar-refractivity contribution is 6.38. The average molecular weight is 415 g/mol. The summed E-state index contributed by atoms with van der Waals surface area (Å²) in [6, 6.07) is 8.67. The van der Waals surface area contributed by atoms with Crippen molar-refractivity contribution in [3.63, 3.8) is 0 Å². The molecule has 0 fully saturated rings. The summed E-state index contributed by atoms with van der Waals surface area (Å²) < 4.78 is 53.8. The number of halogens is 6. The van der Waals surface area contributed by atoms with E-state index in [4.69, 9.17) is 28.9 Å². The number of anilines is 1. The van der Waals surface area contributed by atoms with Crippen LogP contribution in [0.4, 0.5) is 23.4 Å². The Morgan fingerprint density at radius 1 is 1.11 bits per heavy atom. The Labute approximate surface area is 160 Å². The molecular formula is C17H8Cl2F4N4. The lowest BCUT2D eigenvalue weighted by atomic mass is 10.1. The summed E-state index contributed by atoms with van der Waals surface area (Å²) in [5, 5.41) is 12.5. The molecule has 0 saturated carbocycles. The zero-order chi connectivity index (χ0) is 19.9. The zero-order valence-corrected chi connectivity index (χ0v) is 14.7. The molecule has 1 heterocycles. The summed E-state index contributed by atoms with van der Waals surface area (Å²) in [5.41, 5.74) is 4.58. The standard InChI is InChI=1S/C17H8Cl2F4N4/c18-10-5-8(17(21,22)23)6-11(19)15(10)27-16(25)14(13(7-24)26-27)9-3-1-2-4-12(9)20/h1-6H,25H2. The monoisotopic (exact) mass is 414 g/mol. The van der Waals surface area contributed by atoms with E-state index in [0.717, 1.165) is 4.68 Å². The lowest BCUT2D eigenvalue weighted by Crippen LogP contribution is -2.08. The number of aromatic nitrogens is 2. The molecule has 3 aromatic rings. The summed E-state index contributed by atoms with van der Waals surface area (Å²) in [4.78, 5) is 0. The molecule has 0 saturated heterocycles. The molecule has 3 rings (SSSR count). The quantitative estimate of drug-likeness (QED) is 0.566. The van der Waals surface area contributed by atoms with E-state index >= 15 is 0 Å². The molecule has 0 bridgehead atoms. The third kappa shape index (κ3) is 3.31. The molecule has 0 aliphatic rings. The SMILES string of the molecule is N#Cc1nn(-c2c(Cl)cc(C(F)(F)F)cc2Cl)c(N)c1-c1ccccc1F. The molecule has 0 amide bonds. The molecule has 4 nitrogen and oxygen atoms in total. The first-order chi connectivity index (χ1) is 12.6. The van der Waals surface area contributed by atoms with Gasteiger partial charge in [0.2, 0.25) is 0 Å². The van der Waals surface area contributed by atoms with Crippen LogP contribution in [0, 0.1) is 17.1 Å². The van der Waals surface area contributed by atoms with Crippen LogP contribution in [0.1, 0.15) is 11.3 Å². The van der Waals surface area contributed by atoms with E-state index in [0.29, 0.717) is 12.1 Å². The van der Waals surface area contributed by atoms with Gasteiger partial charge in [-0.1, -0.05) is 41.4 Å². The van der Waals surface area contributed by atoms with Gasteiger partial charge in [0.15, 0.2) is 5.69 Å². The molecule has 0 spiro atoms. The van der Waals surface area contributed by atoms with Gasteiger partial charge in [0.1, 0.15) is 23.4 Å². The van der Waals surface area contributed by atoms with Crippen molar-refractivity contribution in [1.29, 1.82) is 5.26 Å². The van der Waals surface area contributed by atoms with Gasteiger partial charge in [-0.2, -0.15) is 23.5 Å². The highest BCUT2D eigenvalue weighted by Crippen LogP contribution is 2.40. The van der Waals surface area contributed by atoms with Crippen molar-refractivity contribution >= 4 is 29.0 Å². The average Bonchev–Trinajstić information content (AvgIpc) is 2.90. The van der Waals surface area contributed by atoms with Gasteiger partial charge in [-0.05, 0) is 18.2 Å². The summed E-state index contributed by atoms with van der Waals surface area (Å²) in [6.45, 7) is 0. The Kier molecular flexibility index (Phi) is 4.76. The minimum Gasteiger partial charge on any atom is -0.383 e. The van der Waals surface area contributed by atoms with E-state index in [9.17, 15) is 22.8 Å². The van der Waals surface area contributed by atoms with Crippen LogP contribution >= 0.6 is 23.2 Å². The van der Waals surface area contributed by atoms with Crippen molar-refractivity contribution in [2.45, 2.75) is 6.18 Å². The normalized spacial score (nSPS) is 11.4. The van der Waals surface area contributed by atoms with Crippen molar-refractivity contribution in [2.24, 2.45) is 0 Å². The van der Waals surface area contributed by atoms with Crippen LogP contribution in [0.2, 0.25) is 10.0 Å². The number of hydrogen-bond acceptors (Lipinski definition) is 3. The molecule has 0 radical (unpaired) electrons. The van der Waals surface area contributed by atoms with Gasteiger partial charge in [0.25, 0.3) is 0 Å². The fourth-order valence-corrected chi connectivity index (χ4v) is 3.19. The maximum atomic E-state index is 14.1. The number of nitrogens with two attached hydrogens (primary N) is 1. The van der Waals surface area contributed by atoms with Crippen molar-refractivity contribution in [3.05, 3.63) is 63.5 Å². The van der Waals surface area contributed by atoms with Gasteiger partial charge in [-0.15, -0.1) is 0 Å². The second-order valence-electron chi connectivity index (χ2n) is 5.40. The number of benzene rings is 2. The van der Waals surface area contributed by atoms with E-state index in [1.54, 1.807) is 6.07 Å². The van der Waals surface area contributed by atoms with Crippen LogP contribution in [0.15, 0.2) is 36.4 Å². The molecule has 10 heteroatoms. The minimum absolute atomic E-state index is 0.0111. The third-order valence-corrected chi connectivity index (χ3v) is 4.30. The largest absolute Gasteiger partial charge is 0.416 e. The van der Waals surface area contributed by atoms with Crippen molar-refractivity contribution < 1.29 is 17.6 Å². The van der Waals surface area contributed by atoms with Crippen molar-refractivity contribution in [3.8, 4) is 22.9 Å². The Morgan fingerprint density at radius 2 is 1.70 bits per heavy atom. The fraction of sp³-hybridized carbons (Fsp3) is 0.0588. The van der Waals surface area contributed by atoms with Gasteiger partial charge >= 0.3 is 6.18 Å². The number of nitriles is 1. The van der Waals surface area contributed by atoms with E-state index < -0.39 is 17.6 Å². The van der Waals surface area contributed by atoms with Gasteiger partial charge < -0.3 is 5.73 Å². The summed E-state index contributed by atoms with van der Waals surface area (Å²) in [6.07, 6.45) is -4.66. The molecule has 27 heavy (non-hydrogen) atoms. The van der Waals surface area contributed by atoms with Crippen LogP contribution < -0.4 is 5.73 Å². The highest BCUT2D eigenvalue weighted by Gasteiger charge is 2.33. The minimum atomic E-state index is -4.66. The van der Waals surface area contributed by atoms with E-state index in [1.807, 2.05) is 0 Å². The number of nitrogen functional groups attached to an aromatic ring is 1. The molecule has 0 aliphatic carbocycles. The molecule has 138 valence electrons. The highest BCUT2D eigenvalue weighted by atomic mass is 35.5. The Hall–Kier alpha value is -2.76. The van der Waals surface area contributed by atoms with Gasteiger partial charge in [0, 0.05) is 5.56 Å². The molecule has 2 N–H and O–H groups in total. The van der Waals surface area contributed by atoms with E-state index in [1.165, 1.54) is 24.3 Å². The van der Waals surface area contributed by atoms with Crippen molar-refractivity contribution in [2.75, 3.05) is 5.73 Å². The van der Waals surface area contributed by atoms with E-state index in [2.05, 4.69) is 5.10 Å². The van der Waals surface area contributed by atoms with Crippen molar-refractivity contribution in [1.82, 2.24) is 9.78 Å². The van der Waals surface area contributed by atoms with Crippen LogP contribution in [0.3, 0.4) is 0 Å². The molecule has 0 unspecified atom stereocenters. The first-order valence-electron chi connectivity index (χ1n) is 7.25. The van der Waals surface area contributed by atoms with Crippen LogP contribution in [-0.2, 0) is 6.18 Å². The predicted octanol–water partition coefficient (Wildman–Crippen LogP) is 5.46. The Bertz CT molecular complexity index is 1060. The Morgan fingerprint density at radius 3 is 2.22 bits per heavy atom. The summed E-state index contributed by atoms with van der Waals surface area (Å²) >= 11 is 11.9. The number of hydrogen-bond donors (Lipinski definition) is 1. The molecule has 1 aromatic heterocycles. The zero-order valence-electron chi connectivity index (χ0n) is 13.2. The van der Waals surface area contributed by atoms with Crippen LogP contribution in [-0.4, -0.2) is 9.78 Å². The lowest BCUT2D eigenvalue weighted by molar-refractivity contribution is -0.137. The predicted molar refractivity (Wildman–Crippen MR) is 93.1 cm³/mol. The van der Waals surface area contributed by atoms with Gasteiger partial charge in [0.05, 0.1) is 21.2 Å². The summed E-state index contributed by atoms with van der Waals surface area (Å²) in [7, 11) is 0. The maximum Gasteiger partial charge on any atom is 0.416 e. The van der Waals surface area contributed by atoms with E-state index in [-0.39, 0.29) is 38.4 Å². The first-order valence-corrected chi connectivity index (χ1v) is 8.00. The third-order valence-electron chi connectivity index (χ3n) is 3.73. The Balaban J connectivity index is 2.27. The van der Waals surface area contributed by atoms with Crippen LogP contribution in [0.25, 0.3) is 16.8 Å². The van der Waals surface area contributed by atoms with Gasteiger partial charge in [-0.25, -0.2) is 9.07 Å².